The van der Waals surface area contributed by atoms with E-state index in [2.05, 4.69) is 0 Å². The molecule has 2 heteroatoms. The van der Waals surface area contributed by atoms with Crippen LogP contribution in [0.5, 0.6) is 0 Å². The summed E-state index contributed by atoms with van der Waals surface area (Å²) in [6.45, 7) is 0. The molecule has 1 aliphatic carbocycles. The normalized spacial score (nSPS) is 23.8. The Morgan fingerprint density at radius 1 is 1.12 bits per heavy atom. The van der Waals surface area contributed by atoms with Crippen LogP contribution in [0.25, 0.3) is 5.76 Å². The summed E-state index contributed by atoms with van der Waals surface area (Å²) in [4.78, 5) is 11.7. The number of fused-ring (bicyclic) bond motifs is 1. The van der Waals surface area contributed by atoms with Gasteiger partial charge in [-0.05, 0) is 18.6 Å². The summed E-state index contributed by atoms with van der Waals surface area (Å²) in [6.07, 6.45) is 4.51. The maximum Gasteiger partial charge on any atom is 0.357 e. The number of rotatable bonds is 1. The third-order valence-corrected chi connectivity index (χ3v) is 3.16. The van der Waals surface area contributed by atoms with Crippen LogP contribution in [0, 0.1) is 5.92 Å². The van der Waals surface area contributed by atoms with Crippen molar-refractivity contribution in [3.8, 4) is 0 Å². The molecule has 0 aromatic heterocycles. The van der Waals surface area contributed by atoms with Gasteiger partial charge in [-0.25, -0.2) is 4.42 Å². The third-order valence-electron chi connectivity index (χ3n) is 3.16. The molecular weight excluding hydrogens is 200 g/mol. The van der Waals surface area contributed by atoms with Gasteiger partial charge in [0, 0.05) is 12.5 Å². The van der Waals surface area contributed by atoms with E-state index >= 15 is 0 Å². The average molecular weight is 213 g/mol. The second-order valence-corrected chi connectivity index (χ2v) is 4.26. The Balaban J connectivity index is 1.97. The van der Waals surface area contributed by atoms with Gasteiger partial charge < -0.3 is 0 Å². The number of carbonyl (C=O) groups excluding carboxylic acids is 2. The first-order valence-corrected chi connectivity index (χ1v) is 5.68. The van der Waals surface area contributed by atoms with E-state index in [9.17, 15) is 4.79 Å². The smallest absolute Gasteiger partial charge is 0.298 e. The van der Waals surface area contributed by atoms with E-state index in [1.54, 1.807) is 0 Å². The Labute approximate surface area is 94.3 Å². The minimum Gasteiger partial charge on any atom is -0.298 e. The molecule has 1 fully saturated rings. The highest BCUT2D eigenvalue weighted by Gasteiger charge is 2.41. The summed E-state index contributed by atoms with van der Waals surface area (Å²) in [5.41, 5.74) is 1.05. The molecule has 16 heavy (non-hydrogen) atoms. The van der Waals surface area contributed by atoms with Gasteiger partial charge >= 0.3 is 11.5 Å². The Bertz CT molecular complexity index is 483. The number of allylic oxidation sites excluding steroid dienone is 1. The van der Waals surface area contributed by atoms with E-state index in [4.69, 9.17) is 4.42 Å². The zero-order valence-corrected chi connectivity index (χ0v) is 8.98. The van der Waals surface area contributed by atoms with Crippen molar-refractivity contribution in [2.45, 2.75) is 19.3 Å². The number of ketones is 2. The third kappa shape index (κ3) is 1.51. The fraction of sp³-hybridized carbons (Fsp3) is 0.286. The van der Waals surface area contributed by atoms with E-state index in [0.29, 0.717) is 12.2 Å². The topological polar surface area (TPSA) is 28.4 Å². The lowest BCUT2D eigenvalue weighted by Crippen LogP contribution is -2.25. The first-order valence-electron chi connectivity index (χ1n) is 5.68. The van der Waals surface area contributed by atoms with Gasteiger partial charge in [0.25, 0.3) is 0 Å². The highest BCUT2D eigenvalue weighted by molar-refractivity contribution is 6.09. The second kappa shape index (κ2) is 3.71. The molecule has 1 aliphatic heterocycles. The van der Waals surface area contributed by atoms with Crippen molar-refractivity contribution in [1.82, 2.24) is 0 Å². The quantitative estimate of drug-likeness (QED) is 0.520. The minimum absolute atomic E-state index is 0.0797. The van der Waals surface area contributed by atoms with E-state index in [0.717, 1.165) is 29.9 Å². The van der Waals surface area contributed by atoms with Crippen LogP contribution >= 0.6 is 0 Å². The lowest BCUT2D eigenvalue weighted by Gasteiger charge is -2.07. The number of Topliss-reactive ketones (excluding diaryl/α,β-unsaturated/α-hetero) is 1. The zero-order valence-electron chi connectivity index (χ0n) is 8.98. The van der Waals surface area contributed by atoms with Crippen molar-refractivity contribution in [2.75, 3.05) is 0 Å². The first-order chi connectivity index (χ1) is 7.84. The molecule has 0 amide bonds. The van der Waals surface area contributed by atoms with Crippen LogP contribution in [0.1, 0.15) is 24.8 Å². The molecular formula is C14H13O2+. The molecule has 2 aliphatic rings. The molecule has 0 bridgehead atoms. The summed E-state index contributed by atoms with van der Waals surface area (Å²) in [5.74, 6) is 2.00. The van der Waals surface area contributed by atoms with Crippen molar-refractivity contribution in [3.05, 3.63) is 42.0 Å². The lowest BCUT2D eigenvalue weighted by atomic mass is 9.87. The number of hydrogen-bond donors (Lipinski definition) is 0. The molecule has 0 radical (unpaired) electrons. The molecule has 1 heterocycles. The van der Waals surface area contributed by atoms with Crippen LogP contribution in [0.2, 0.25) is 0 Å². The van der Waals surface area contributed by atoms with Crippen molar-refractivity contribution in [2.24, 2.45) is 5.92 Å². The van der Waals surface area contributed by atoms with E-state index in [-0.39, 0.29) is 5.92 Å². The Morgan fingerprint density at radius 3 is 2.69 bits per heavy atom. The van der Waals surface area contributed by atoms with Crippen molar-refractivity contribution in [1.29, 1.82) is 0 Å². The van der Waals surface area contributed by atoms with Gasteiger partial charge in [0.1, 0.15) is 0 Å². The van der Waals surface area contributed by atoms with Crippen molar-refractivity contribution < 1.29 is 9.22 Å². The van der Waals surface area contributed by atoms with Gasteiger partial charge in [-0.15, -0.1) is 0 Å². The zero-order chi connectivity index (χ0) is 11.0. The van der Waals surface area contributed by atoms with E-state index < -0.39 is 0 Å². The predicted molar refractivity (Wildman–Crippen MR) is 61.8 cm³/mol. The Hall–Kier alpha value is -1.70. The fourth-order valence-corrected chi connectivity index (χ4v) is 2.31. The maximum atomic E-state index is 11.7. The van der Waals surface area contributed by atoms with Gasteiger partial charge in [0.15, 0.2) is 11.7 Å². The SMILES string of the molecule is O=C1CCCC2=[O+]C(c3ccccc3)=C[C@H]12. The highest BCUT2D eigenvalue weighted by Crippen LogP contribution is 2.29. The average Bonchev–Trinajstić information content (AvgIpc) is 2.76. The first kappa shape index (κ1) is 9.52. The molecule has 80 valence electrons. The number of carbonyl (C=O) groups is 1. The van der Waals surface area contributed by atoms with Gasteiger partial charge in [0.05, 0.1) is 12.0 Å². The monoisotopic (exact) mass is 213 g/mol. The summed E-state index contributed by atoms with van der Waals surface area (Å²) in [7, 11) is 0. The van der Waals surface area contributed by atoms with Crippen LogP contribution < -0.4 is 0 Å². The van der Waals surface area contributed by atoms with Crippen molar-refractivity contribution in [3.63, 3.8) is 0 Å². The molecule has 1 saturated carbocycles. The van der Waals surface area contributed by atoms with Crippen LogP contribution in [-0.2, 0) is 9.22 Å². The van der Waals surface area contributed by atoms with Gasteiger partial charge in [-0.2, -0.15) is 0 Å². The van der Waals surface area contributed by atoms with Crippen LogP contribution in [0.15, 0.2) is 36.4 Å². The number of benzene rings is 1. The fourth-order valence-electron chi connectivity index (χ4n) is 2.31. The van der Waals surface area contributed by atoms with Gasteiger partial charge in [0.2, 0.25) is 0 Å². The highest BCUT2D eigenvalue weighted by atomic mass is 16.4. The Morgan fingerprint density at radius 2 is 1.94 bits per heavy atom. The number of hydrogen-bond acceptors (Lipinski definition) is 1. The van der Waals surface area contributed by atoms with E-state index in [1.807, 2.05) is 36.4 Å². The van der Waals surface area contributed by atoms with Crippen LogP contribution in [-0.4, -0.2) is 11.6 Å². The molecule has 0 spiro atoms. The van der Waals surface area contributed by atoms with Gasteiger partial charge in [-0.1, -0.05) is 18.2 Å². The summed E-state index contributed by atoms with van der Waals surface area (Å²) in [5, 5.41) is 0. The molecule has 0 N–H and O–H groups in total. The predicted octanol–water partition coefficient (Wildman–Crippen LogP) is 2.52. The summed E-state index contributed by atoms with van der Waals surface area (Å²) in [6, 6.07) is 9.95. The van der Waals surface area contributed by atoms with Crippen molar-refractivity contribution >= 4 is 17.3 Å². The molecule has 1 aromatic carbocycles. The molecule has 3 rings (SSSR count). The van der Waals surface area contributed by atoms with E-state index in [1.165, 1.54) is 0 Å². The summed E-state index contributed by atoms with van der Waals surface area (Å²) >= 11 is 0. The maximum absolute atomic E-state index is 11.7. The standard InChI is InChI=1S/C14H13O2/c15-12-7-4-8-13-11(12)9-14(16-13)10-5-2-1-3-6-10/h1-3,5-6,9,11H,4,7-8H2/q+1/t11-/m1/s1. The minimum atomic E-state index is -0.0797. The Kier molecular flexibility index (Phi) is 2.21. The molecule has 1 atom stereocenters. The summed E-state index contributed by atoms with van der Waals surface area (Å²) < 4.78 is 5.78. The second-order valence-electron chi connectivity index (χ2n) is 4.26. The van der Waals surface area contributed by atoms with Crippen LogP contribution in [0.3, 0.4) is 0 Å². The molecule has 2 nitrogen and oxygen atoms in total. The largest absolute Gasteiger partial charge is 0.357 e. The molecule has 0 saturated heterocycles. The lowest BCUT2D eigenvalue weighted by molar-refractivity contribution is -0.342. The molecule has 1 aromatic rings. The molecule has 0 unspecified atom stereocenters. The van der Waals surface area contributed by atoms with Crippen LogP contribution in [0.4, 0.5) is 0 Å². The van der Waals surface area contributed by atoms with Gasteiger partial charge in [-0.3, -0.25) is 4.79 Å².